The van der Waals surface area contributed by atoms with Crippen LogP contribution in [0.2, 0.25) is 0 Å². The summed E-state index contributed by atoms with van der Waals surface area (Å²) >= 11 is 0. The molecule has 0 aromatic carbocycles. The summed E-state index contributed by atoms with van der Waals surface area (Å²) in [7, 11) is 0. The van der Waals surface area contributed by atoms with E-state index in [2.05, 4.69) is 4.98 Å². The lowest BCUT2D eigenvalue weighted by Crippen LogP contribution is -2.45. The van der Waals surface area contributed by atoms with Gasteiger partial charge in [0, 0.05) is 19.1 Å². The molecule has 1 fully saturated rings. The first kappa shape index (κ1) is 16.2. The molecule has 1 saturated heterocycles. The normalized spacial score (nSPS) is 19.2. The Labute approximate surface area is 113 Å². The van der Waals surface area contributed by atoms with Gasteiger partial charge in [0.2, 0.25) is 5.76 Å². The molecule has 0 spiro atoms. The van der Waals surface area contributed by atoms with Gasteiger partial charge in [-0.2, -0.15) is 0 Å². The zero-order valence-electron chi connectivity index (χ0n) is 9.59. The summed E-state index contributed by atoms with van der Waals surface area (Å²) in [6, 6.07) is 0.0888. The number of piperidine rings is 1. The standard InChI is InChI=1S/C10H15N3O2.2ClH/c1-7-9(15-6-12-7)10(14)13-4-2-3-8(11)5-13;;/h6,8H,2-5,11H2,1H3;2*1H/t8-;;/m1../s1. The number of hydrogen-bond donors (Lipinski definition) is 1. The number of amides is 1. The quantitative estimate of drug-likeness (QED) is 0.844. The van der Waals surface area contributed by atoms with E-state index in [1.807, 2.05) is 0 Å². The van der Waals surface area contributed by atoms with Gasteiger partial charge in [-0.15, -0.1) is 24.8 Å². The number of halogens is 2. The van der Waals surface area contributed by atoms with Gasteiger partial charge in [0.05, 0.1) is 5.69 Å². The Balaban J connectivity index is 0.00000128. The molecule has 1 aromatic heterocycles. The van der Waals surface area contributed by atoms with Crippen LogP contribution in [0.5, 0.6) is 0 Å². The summed E-state index contributed by atoms with van der Waals surface area (Å²) in [5.41, 5.74) is 6.45. The molecule has 5 nitrogen and oxygen atoms in total. The average Bonchev–Trinajstić information content (AvgIpc) is 2.63. The van der Waals surface area contributed by atoms with Crippen LogP contribution in [0, 0.1) is 6.92 Å². The molecule has 0 aliphatic carbocycles. The first-order valence-electron chi connectivity index (χ1n) is 5.13. The molecule has 0 bridgehead atoms. The minimum absolute atomic E-state index is 0. The summed E-state index contributed by atoms with van der Waals surface area (Å²) < 4.78 is 5.07. The highest BCUT2D eigenvalue weighted by Crippen LogP contribution is 2.14. The van der Waals surface area contributed by atoms with Gasteiger partial charge < -0.3 is 15.1 Å². The number of rotatable bonds is 1. The molecular weight excluding hydrogens is 265 g/mol. The number of nitrogens with two attached hydrogens (primary N) is 1. The van der Waals surface area contributed by atoms with E-state index in [-0.39, 0.29) is 36.8 Å². The molecule has 0 unspecified atom stereocenters. The minimum atomic E-state index is -0.0971. The van der Waals surface area contributed by atoms with Crippen LogP contribution >= 0.6 is 24.8 Å². The van der Waals surface area contributed by atoms with Crippen molar-refractivity contribution in [1.29, 1.82) is 0 Å². The molecule has 2 N–H and O–H groups in total. The first-order chi connectivity index (χ1) is 7.18. The second-order valence-electron chi connectivity index (χ2n) is 3.92. The molecule has 98 valence electrons. The molecule has 2 heterocycles. The molecule has 17 heavy (non-hydrogen) atoms. The maximum Gasteiger partial charge on any atom is 0.291 e. The van der Waals surface area contributed by atoms with Crippen molar-refractivity contribution >= 4 is 30.7 Å². The van der Waals surface area contributed by atoms with Crippen molar-refractivity contribution in [2.24, 2.45) is 5.73 Å². The number of aromatic nitrogens is 1. The Bertz CT molecular complexity index is 370. The Hall–Kier alpha value is -0.780. The maximum absolute atomic E-state index is 12.0. The molecule has 1 aliphatic heterocycles. The predicted molar refractivity (Wildman–Crippen MR) is 68.8 cm³/mol. The van der Waals surface area contributed by atoms with Gasteiger partial charge in [0.25, 0.3) is 5.91 Å². The van der Waals surface area contributed by atoms with Crippen molar-refractivity contribution in [2.75, 3.05) is 13.1 Å². The fraction of sp³-hybridized carbons (Fsp3) is 0.600. The van der Waals surface area contributed by atoms with Crippen LogP contribution in [0.4, 0.5) is 0 Å². The molecular formula is C10H17Cl2N3O2. The SMILES string of the molecule is Cc1ncoc1C(=O)N1CCC[C@@H](N)C1.Cl.Cl. The summed E-state index contributed by atoms with van der Waals surface area (Å²) in [6.45, 7) is 3.13. The lowest BCUT2D eigenvalue weighted by molar-refractivity contribution is 0.0675. The second-order valence-corrected chi connectivity index (χ2v) is 3.92. The van der Waals surface area contributed by atoms with Gasteiger partial charge in [0.1, 0.15) is 0 Å². The summed E-state index contributed by atoms with van der Waals surface area (Å²) in [5, 5.41) is 0. The fourth-order valence-corrected chi connectivity index (χ4v) is 1.85. The summed E-state index contributed by atoms with van der Waals surface area (Å²) in [4.78, 5) is 17.6. The fourth-order valence-electron chi connectivity index (χ4n) is 1.85. The van der Waals surface area contributed by atoms with Crippen LogP contribution in [-0.4, -0.2) is 34.9 Å². The molecule has 1 amide bonds. The van der Waals surface area contributed by atoms with Gasteiger partial charge >= 0.3 is 0 Å². The topological polar surface area (TPSA) is 72.4 Å². The Kier molecular flexibility index (Phi) is 6.52. The smallest absolute Gasteiger partial charge is 0.291 e. The van der Waals surface area contributed by atoms with Crippen molar-refractivity contribution in [3.8, 4) is 0 Å². The number of oxazole rings is 1. The highest BCUT2D eigenvalue weighted by molar-refractivity contribution is 5.92. The molecule has 0 saturated carbocycles. The van der Waals surface area contributed by atoms with E-state index in [0.29, 0.717) is 18.0 Å². The zero-order valence-corrected chi connectivity index (χ0v) is 11.2. The zero-order chi connectivity index (χ0) is 10.8. The summed E-state index contributed by atoms with van der Waals surface area (Å²) in [6.07, 6.45) is 3.24. The van der Waals surface area contributed by atoms with Crippen LogP contribution in [0.3, 0.4) is 0 Å². The molecule has 0 radical (unpaired) electrons. The molecule has 1 atom stereocenters. The van der Waals surface area contributed by atoms with Crippen LogP contribution in [0.25, 0.3) is 0 Å². The Morgan fingerprint density at radius 3 is 2.82 bits per heavy atom. The van der Waals surface area contributed by atoms with Crippen LogP contribution < -0.4 is 5.73 Å². The van der Waals surface area contributed by atoms with Gasteiger partial charge in [-0.3, -0.25) is 4.79 Å². The Morgan fingerprint density at radius 1 is 1.59 bits per heavy atom. The number of nitrogens with zero attached hydrogens (tertiary/aromatic N) is 2. The van der Waals surface area contributed by atoms with Crippen LogP contribution in [0.1, 0.15) is 29.1 Å². The third-order valence-electron chi connectivity index (χ3n) is 2.68. The van der Waals surface area contributed by atoms with Crippen molar-refractivity contribution < 1.29 is 9.21 Å². The van der Waals surface area contributed by atoms with Crippen molar-refractivity contribution in [3.63, 3.8) is 0 Å². The molecule has 1 aliphatic rings. The number of carbonyl (C=O) groups excluding carboxylic acids is 1. The molecule has 7 heteroatoms. The number of carbonyl (C=O) groups is 1. The highest BCUT2D eigenvalue weighted by Gasteiger charge is 2.25. The van der Waals surface area contributed by atoms with E-state index in [4.69, 9.17) is 10.2 Å². The first-order valence-corrected chi connectivity index (χ1v) is 5.13. The molecule has 2 rings (SSSR count). The average molecular weight is 282 g/mol. The van der Waals surface area contributed by atoms with Crippen LogP contribution in [0.15, 0.2) is 10.8 Å². The lowest BCUT2D eigenvalue weighted by Gasteiger charge is -2.30. The number of hydrogen-bond acceptors (Lipinski definition) is 4. The second kappa shape index (κ2) is 6.83. The van der Waals surface area contributed by atoms with Gasteiger partial charge in [-0.25, -0.2) is 4.98 Å². The number of aryl methyl sites for hydroxylation is 1. The molecule has 1 aromatic rings. The van der Waals surface area contributed by atoms with E-state index < -0.39 is 0 Å². The van der Waals surface area contributed by atoms with E-state index in [1.165, 1.54) is 6.39 Å². The van der Waals surface area contributed by atoms with E-state index in [9.17, 15) is 4.79 Å². The van der Waals surface area contributed by atoms with Crippen molar-refractivity contribution in [2.45, 2.75) is 25.8 Å². The van der Waals surface area contributed by atoms with E-state index in [0.717, 1.165) is 19.4 Å². The van der Waals surface area contributed by atoms with Gasteiger partial charge in [-0.05, 0) is 19.8 Å². The lowest BCUT2D eigenvalue weighted by atomic mass is 10.1. The largest absolute Gasteiger partial charge is 0.438 e. The number of likely N-dealkylation sites (tertiary alicyclic amines) is 1. The van der Waals surface area contributed by atoms with Gasteiger partial charge in [0.15, 0.2) is 6.39 Å². The van der Waals surface area contributed by atoms with Crippen molar-refractivity contribution in [3.05, 3.63) is 17.8 Å². The maximum atomic E-state index is 12.0. The Morgan fingerprint density at radius 2 is 2.29 bits per heavy atom. The van der Waals surface area contributed by atoms with Crippen LogP contribution in [-0.2, 0) is 0 Å². The minimum Gasteiger partial charge on any atom is -0.438 e. The third kappa shape index (κ3) is 3.59. The third-order valence-corrected chi connectivity index (χ3v) is 2.68. The van der Waals surface area contributed by atoms with Gasteiger partial charge in [-0.1, -0.05) is 0 Å². The summed E-state index contributed by atoms with van der Waals surface area (Å²) in [5.74, 6) is 0.240. The highest BCUT2D eigenvalue weighted by atomic mass is 35.5. The predicted octanol–water partition coefficient (Wildman–Crippen LogP) is 1.39. The van der Waals surface area contributed by atoms with Crippen molar-refractivity contribution in [1.82, 2.24) is 9.88 Å². The van der Waals surface area contributed by atoms with E-state index >= 15 is 0 Å². The monoisotopic (exact) mass is 281 g/mol. The van der Waals surface area contributed by atoms with E-state index in [1.54, 1.807) is 11.8 Å².